The van der Waals surface area contributed by atoms with Crippen LogP contribution in [0.25, 0.3) is 21.7 Å². The minimum atomic E-state index is -1.94. The van der Waals surface area contributed by atoms with Gasteiger partial charge in [-0.1, -0.05) is 110 Å². The summed E-state index contributed by atoms with van der Waals surface area (Å²) in [6.45, 7) is 7.42. The molecule has 6 heteroatoms. The second-order valence-electron chi connectivity index (χ2n) is 13.6. The van der Waals surface area contributed by atoms with Gasteiger partial charge in [-0.05, 0) is 70.3 Å². The van der Waals surface area contributed by atoms with Gasteiger partial charge in [0, 0.05) is 42.9 Å². The number of hydrogen-bond donors (Lipinski definition) is 0. The molecule has 0 radical (unpaired) electrons. The second-order valence-corrected chi connectivity index (χ2v) is 19.6. The molecule has 0 aliphatic carbocycles. The summed E-state index contributed by atoms with van der Waals surface area (Å²) in [6, 6.07) is 47.1. The van der Waals surface area contributed by atoms with Crippen LogP contribution in [0, 0.1) is 0 Å². The Kier molecular flexibility index (Phi) is 5.39. The Hall–Kier alpha value is -4.78. The highest BCUT2D eigenvalue weighted by atomic mass is 32.2. The van der Waals surface area contributed by atoms with Gasteiger partial charge in [-0.15, -0.1) is 0 Å². The topological polar surface area (TPSA) is 19.4 Å². The average Bonchev–Trinajstić information content (AvgIpc) is 3.08. The van der Waals surface area contributed by atoms with Gasteiger partial charge in [0.1, 0.15) is 8.07 Å². The van der Waals surface area contributed by atoms with E-state index < -0.39 is 8.07 Å². The molecule has 7 aromatic rings. The van der Waals surface area contributed by atoms with Crippen molar-refractivity contribution in [2.24, 2.45) is 0 Å². The zero-order valence-electron chi connectivity index (χ0n) is 26.0. The van der Waals surface area contributed by atoms with Gasteiger partial charge in [-0.3, -0.25) is 4.98 Å². The molecule has 10 rings (SSSR count). The Bertz CT molecular complexity index is 2420. The first-order valence-electron chi connectivity index (χ1n) is 16.0. The van der Waals surface area contributed by atoms with Crippen molar-refractivity contribution in [2.45, 2.75) is 29.4 Å². The lowest BCUT2D eigenvalue weighted by molar-refractivity contribution is 1.17. The highest BCUT2D eigenvalue weighted by molar-refractivity contribution is 7.99. The van der Waals surface area contributed by atoms with E-state index >= 15 is 0 Å². The van der Waals surface area contributed by atoms with Gasteiger partial charge in [-0.2, -0.15) is 0 Å². The van der Waals surface area contributed by atoms with E-state index in [9.17, 15) is 0 Å². The normalized spacial score (nSPS) is 14.2. The highest BCUT2D eigenvalue weighted by Crippen LogP contribution is 2.54. The minimum Gasteiger partial charge on any atom is -0.311 e. The van der Waals surface area contributed by atoms with Crippen molar-refractivity contribution >= 4 is 104 Å². The Morgan fingerprint density at radius 2 is 1.28 bits per heavy atom. The van der Waals surface area contributed by atoms with Gasteiger partial charge in [-0.25, -0.2) is 0 Å². The third kappa shape index (κ3) is 3.49. The molecule has 218 valence electrons. The fourth-order valence-electron chi connectivity index (χ4n) is 8.03. The molecule has 3 nitrogen and oxygen atoms in total. The number of fused-ring (bicyclic) bond motifs is 10. The molecular formula is C40H30BN3SSi. The number of anilines is 6. The first-order chi connectivity index (χ1) is 22.5. The second kappa shape index (κ2) is 9.38. The summed E-state index contributed by atoms with van der Waals surface area (Å²) >= 11 is 1.89. The SMILES string of the molecule is C[Si](C)(C)c1nc2ccccc2c2cc3c4c(c12)N(c1ccccc1)c1ccccc1B4c1cccc2c1N3c1ccccc1S2. The summed E-state index contributed by atoms with van der Waals surface area (Å²) in [7, 11) is -1.94. The zero-order valence-corrected chi connectivity index (χ0v) is 27.8. The number of aromatic nitrogens is 1. The van der Waals surface area contributed by atoms with Crippen LogP contribution >= 0.6 is 11.8 Å². The molecule has 6 aromatic carbocycles. The van der Waals surface area contributed by atoms with Crippen LogP contribution in [0.15, 0.2) is 137 Å². The first kappa shape index (κ1) is 26.4. The lowest BCUT2D eigenvalue weighted by atomic mass is 9.33. The molecule has 0 unspecified atom stereocenters. The Balaban J connectivity index is 1.47. The summed E-state index contributed by atoms with van der Waals surface area (Å²) in [5, 5.41) is 5.07. The molecule has 0 N–H and O–H groups in total. The number of hydrogen-bond acceptors (Lipinski definition) is 4. The zero-order chi connectivity index (χ0) is 30.7. The maximum atomic E-state index is 5.53. The smallest absolute Gasteiger partial charge is 0.252 e. The van der Waals surface area contributed by atoms with E-state index in [-0.39, 0.29) is 6.71 Å². The van der Waals surface area contributed by atoms with E-state index in [0.29, 0.717) is 0 Å². The van der Waals surface area contributed by atoms with E-state index in [2.05, 4.69) is 157 Å². The lowest BCUT2D eigenvalue weighted by Gasteiger charge is -2.47. The molecule has 0 bridgehead atoms. The molecule has 0 saturated carbocycles. The number of rotatable bonds is 2. The van der Waals surface area contributed by atoms with E-state index in [1.54, 1.807) is 0 Å². The Morgan fingerprint density at radius 3 is 2.13 bits per heavy atom. The van der Waals surface area contributed by atoms with E-state index in [0.717, 1.165) is 5.52 Å². The standard InChI is InChI=1S/C40H30BN3SSi/c1-46(2,3)40-36-27(26-16-7-9-19-30(26)42-40)24-33-37-39(36)43(25-14-5-4-6-15-25)31-20-10-8-17-28(31)41(37)29-18-13-23-35-38(29)44(33)32-21-11-12-22-34(32)45-35/h4-24H,1-3H3. The predicted octanol–water partition coefficient (Wildman–Crippen LogP) is 8.48. The summed E-state index contributed by atoms with van der Waals surface area (Å²) in [4.78, 5) is 13.3. The minimum absolute atomic E-state index is 0.101. The van der Waals surface area contributed by atoms with Gasteiger partial charge < -0.3 is 9.80 Å². The molecule has 0 fully saturated rings. The van der Waals surface area contributed by atoms with Crippen LogP contribution in [0.3, 0.4) is 0 Å². The first-order valence-corrected chi connectivity index (χ1v) is 20.3. The van der Waals surface area contributed by atoms with Gasteiger partial charge in [0.2, 0.25) is 0 Å². The van der Waals surface area contributed by atoms with Crippen molar-refractivity contribution in [1.29, 1.82) is 0 Å². The summed E-state index contributed by atoms with van der Waals surface area (Å²) in [5.41, 5.74) is 12.7. The van der Waals surface area contributed by atoms with Gasteiger partial charge in [0.25, 0.3) is 6.71 Å². The number of para-hydroxylation sites is 5. The third-order valence-corrected chi connectivity index (χ3v) is 12.7. The molecule has 0 atom stereocenters. The summed E-state index contributed by atoms with van der Waals surface area (Å²) in [5.74, 6) is 0. The van der Waals surface area contributed by atoms with Gasteiger partial charge in [0.15, 0.2) is 0 Å². The van der Waals surface area contributed by atoms with Crippen molar-refractivity contribution in [3.05, 3.63) is 127 Å². The number of benzene rings is 6. The van der Waals surface area contributed by atoms with Crippen molar-refractivity contribution in [1.82, 2.24) is 4.98 Å². The van der Waals surface area contributed by atoms with Gasteiger partial charge in [0.05, 0.1) is 22.6 Å². The van der Waals surface area contributed by atoms with Crippen molar-refractivity contribution in [3.8, 4) is 0 Å². The molecule has 0 spiro atoms. The van der Waals surface area contributed by atoms with Crippen molar-refractivity contribution in [2.75, 3.05) is 9.80 Å². The van der Waals surface area contributed by atoms with E-state index in [4.69, 9.17) is 4.98 Å². The monoisotopic (exact) mass is 623 g/mol. The van der Waals surface area contributed by atoms with Crippen molar-refractivity contribution < 1.29 is 0 Å². The number of pyridine rings is 1. The van der Waals surface area contributed by atoms with Gasteiger partial charge >= 0.3 is 0 Å². The predicted molar refractivity (Wildman–Crippen MR) is 200 cm³/mol. The summed E-state index contributed by atoms with van der Waals surface area (Å²) in [6.07, 6.45) is 0. The summed E-state index contributed by atoms with van der Waals surface area (Å²) < 4.78 is 0. The third-order valence-electron chi connectivity index (χ3n) is 9.84. The van der Waals surface area contributed by atoms with Crippen LogP contribution in [-0.4, -0.2) is 19.8 Å². The Labute approximate surface area is 274 Å². The maximum Gasteiger partial charge on any atom is 0.252 e. The molecular weight excluding hydrogens is 593 g/mol. The lowest BCUT2D eigenvalue weighted by Crippen LogP contribution is -2.62. The van der Waals surface area contributed by atoms with Crippen LogP contribution in [0.1, 0.15) is 0 Å². The van der Waals surface area contributed by atoms with Crippen LogP contribution < -0.4 is 31.5 Å². The van der Waals surface area contributed by atoms with Crippen LogP contribution in [0.4, 0.5) is 34.1 Å². The fourth-order valence-corrected chi connectivity index (χ4v) is 10.6. The molecule has 3 aliphatic rings. The molecule has 0 amide bonds. The Morgan fingerprint density at radius 1 is 0.587 bits per heavy atom. The quantitative estimate of drug-likeness (QED) is 0.142. The molecule has 4 heterocycles. The van der Waals surface area contributed by atoms with Crippen molar-refractivity contribution in [3.63, 3.8) is 0 Å². The fraction of sp³-hybridized carbons (Fsp3) is 0.0750. The maximum absolute atomic E-state index is 5.53. The van der Waals surface area contributed by atoms with E-state index in [1.165, 1.54) is 81.8 Å². The highest BCUT2D eigenvalue weighted by Gasteiger charge is 2.46. The molecule has 3 aliphatic heterocycles. The molecule has 0 saturated heterocycles. The average molecular weight is 624 g/mol. The molecule has 1 aromatic heterocycles. The number of nitrogens with zero attached hydrogens (tertiary/aromatic N) is 3. The van der Waals surface area contributed by atoms with Crippen LogP contribution in [-0.2, 0) is 0 Å². The van der Waals surface area contributed by atoms with E-state index in [1.807, 2.05) is 11.8 Å². The molecule has 46 heavy (non-hydrogen) atoms. The largest absolute Gasteiger partial charge is 0.311 e. The van der Waals surface area contributed by atoms with Crippen LogP contribution in [0.5, 0.6) is 0 Å². The van der Waals surface area contributed by atoms with Crippen LogP contribution in [0.2, 0.25) is 19.6 Å².